The van der Waals surface area contributed by atoms with Gasteiger partial charge in [-0.15, -0.1) is 0 Å². The number of hydrogen-bond acceptors (Lipinski definition) is 4. The van der Waals surface area contributed by atoms with Crippen LogP contribution in [0.3, 0.4) is 0 Å². The molecule has 0 saturated carbocycles. The van der Waals surface area contributed by atoms with Gasteiger partial charge in [0.25, 0.3) is 5.91 Å². The Labute approximate surface area is 190 Å². The summed E-state index contributed by atoms with van der Waals surface area (Å²) in [7, 11) is 3.08. The first-order valence-electron chi connectivity index (χ1n) is 10.4. The molecular formula is C26H23F2NO4. The molecule has 3 aromatic carbocycles. The predicted molar refractivity (Wildman–Crippen MR) is 120 cm³/mol. The fourth-order valence-corrected chi connectivity index (χ4v) is 4.11. The fraction of sp³-hybridized carbons (Fsp3) is 0.192. The van der Waals surface area contributed by atoms with E-state index in [4.69, 9.17) is 9.47 Å². The Bertz CT molecular complexity index is 1210. The summed E-state index contributed by atoms with van der Waals surface area (Å²) >= 11 is 0. The highest BCUT2D eigenvalue weighted by atomic mass is 19.1. The topological polar surface area (TPSA) is 59.0 Å². The van der Waals surface area contributed by atoms with Gasteiger partial charge in [0.1, 0.15) is 11.6 Å². The molecule has 1 amide bonds. The van der Waals surface area contributed by atoms with E-state index < -0.39 is 29.3 Å². The summed E-state index contributed by atoms with van der Waals surface area (Å²) in [6.45, 7) is 0.210. The van der Waals surface area contributed by atoms with E-state index in [0.29, 0.717) is 23.5 Å². The molecule has 33 heavy (non-hydrogen) atoms. The Morgan fingerprint density at radius 1 is 0.939 bits per heavy atom. The zero-order valence-electron chi connectivity index (χ0n) is 18.2. The maximum absolute atomic E-state index is 14.8. The van der Waals surface area contributed by atoms with Gasteiger partial charge in [0, 0.05) is 17.7 Å². The van der Waals surface area contributed by atoms with Crippen molar-refractivity contribution < 1.29 is 28.2 Å². The smallest absolute Gasteiger partial charge is 0.289 e. The summed E-state index contributed by atoms with van der Waals surface area (Å²) in [5.41, 5.74) is 1.82. The number of rotatable bonds is 7. The number of methoxy groups -OCH3 is 2. The highest BCUT2D eigenvalue weighted by Gasteiger charge is 2.41. The van der Waals surface area contributed by atoms with E-state index in [2.05, 4.69) is 0 Å². The molecule has 0 bridgehead atoms. The van der Waals surface area contributed by atoms with Gasteiger partial charge in [-0.2, -0.15) is 0 Å². The molecule has 4 rings (SSSR count). The van der Waals surface area contributed by atoms with E-state index in [1.54, 1.807) is 31.4 Å². The van der Waals surface area contributed by atoms with Gasteiger partial charge in [0.05, 0.1) is 20.3 Å². The van der Waals surface area contributed by atoms with Crippen molar-refractivity contribution in [1.82, 2.24) is 4.90 Å². The molecule has 0 saturated heterocycles. The van der Waals surface area contributed by atoms with Crippen molar-refractivity contribution in [3.05, 3.63) is 101 Å². The number of aliphatic hydroxyl groups excluding tert-OH is 1. The Kier molecular flexibility index (Phi) is 6.31. The van der Waals surface area contributed by atoms with E-state index in [1.165, 1.54) is 42.3 Å². The van der Waals surface area contributed by atoms with E-state index in [1.807, 2.05) is 12.1 Å². The van der Waals surface area contributed by atoms with Crippen LogP contribution in [0.5, 0.6) is 11.5 Å². The summed E-state index contributed by atoms with van der Waals surface area (Å²) in [5.74, 6) is -0.885. The maximum atomic E-state index is 14.8. The third-order valence-electron chi connectivity index (χ3n) is 5.75. The standard InChI is InChI=1S/C26H23F2NO4/c1-32-21-12-7-16(15-22(21)33-2)13-14-29-24(19-5-3-4-6-20(19)28)23(25(30)26(29)31)17-8-10-18(27)11-9-17/h3-12,15,24,30H,13-14H2,1-2H3/t24-/m1/s1. The third-order valence-corrected chi connectivity index (χ3v) is 5.75. The summed E-state index contributed by atoms with van der Waals surface area (Å²) < 4.78 is 38.9. The van der Waals surface area contributed by atoms with Gasteiger partial charge in [-0.05, 0) is 47.9 Å². The lowest BCUT2D eigenvalue weighted by Gasteiger charge is -2.28. The zero-order valence-corrected chi connectivity index (χ0v) is 18.2. The van der Waals surface area contributed by atoms with Crippen LogP contribution in [-0.4, -0.2) is 36.7 Å². The minimum absolute atomic E-state index is 0.210. The molecule has 1 aliphatic heterocycles. The maximum Gasteiger partial charge on any atom is 0.289 e. The van der Waals surface area contributed by atoms with E-state index in [-0.39, 0.29) is 17.7 Å². The van der Waals surface area contributed by atoms with Gasteiger partial charge in [-0.25, -0.2) is 8.78 Å². The monoisotopic (exact) mass is 451 g/mol. The molecule has 1 N–H and O–H groups in total. The minimum atomic E-state index is -0.857. The van der Waals surface area contributed by atoms with Crippen molar-refractivity contribution in [2.75, 3.05) is 20.8 Å². The number of hydrogen-bond donors (Lipinski definition) is 1. The minimum Gasteiger partial charge on any atom is -0.503 e. The third kappa shape index (κ3) is 4.26. The summed E-state index contributed by atoms with van der Waals surface area (Å²) in [6.07, 6.45) is 0.432. The van der Waals surface area contributed by atoms with Gasteiger partial charge in [-0.3, -0.25) is 4.79 Å². The van der Waals surface area contributed by atoms with Crippen LogP contribution in [0.1, 0.15) is 22.7 Å². The molecule has 0 aromatic heterocycles. The predicted octanol–water partition coefficient (Wildman–Crippen LogP) is 5.08. The number of carbonyl (C=O) groups excluding carboxylic acids is 1. The average molecular weight is 451 g/mol. The molecule has 0 fully saturated rings. The van der Waals surface area contributed by atoms with Crippen molar-refractivity contribution in [3.8, 4) is 11.5 Å². The molecule has 1 heterocycles. The second-order valence-electron chi connectivity index (χ2n) is 7.63. The number of benzene rings is 3. The molecule has 1 aliphatic rings. The number of ether oxygens (including phenoxy) is 2. The Morgan fingerprint density at radius 2 is 1.64 bits per heavy atom. The van der Waals surface area contributed by atoms with Crippen molar-refractivity contribution in [1.29, 1.82) is 0 Å². The molecule has 1 atom stereocenters. The zero-order chi connectivity index (χ0) is 23.5. The number of aliphatic hydroxyl groups is 1. The molecule has 7 heteroatoms. The van der Waals surface area contributed by atoms with Gasteiger partial charge in [0.15, 0.2) is 17.3 Å². The molecule has 3 aromatic rings. The van der Waals surface area contributed by atoms with Gasteiger partial charge < -0.3 is 19.5 Å². The number of halogens is 2. The van der Waals surface area contributed by atoms with Gasteiger partial charge in [-0.1, -0.05) is 36.4 Å². The molecule has 170 valence electrons. The van der Waals surface area contributed by atoms with Crippen molar-refractivity contribution >= 4 is 11.5 Å². The molecule has 0 radical (unpaired) electrons. The van der Waals surface area contributed by atoms with Crippen LogP contribution < -0.4 is 9.47 Å². The fourth-order valence-electron chi connectivity index (χ4n) is 4.11. The Hall–Kier alpha value is -3.87. The summed E-state index contributed by atoms with van der Waals surface area (Å²) in [5, 5.41) is 10.8. The largest absolute Gasteiger partial charge is 0.503 e. The summed E-state index contributed by atoms with van der Waals surface area (Å²) in [4.78, 5) is 14.5. The first-order chi connectivity index (χ1) is 15.9. The van der Waals surface area contributed by atoms with Crippen LogP contribution in [0.4, 0.5) is 8.78 Å². The lowest BCUT2D eigenvalue weighted by molar-refractivity contribution is -0.129. The van der Waals surface area contributed by atoms with E-state index in [0.717, 1.165) is 5.56 Å². The number of amides is 1. The van der Waals surface area contributed by atoms with E-state index in [9.17, 15) is 18.7 Å². The van der Waals surface area contributed by atoms with Crippen molar-refractivity contribution in [2.45, 2.75) is 12.5 Å². The Balaban J connectivity index is 1.70. The Morgan fingerprint density at radius 3 is 2.30 bits per heavy atom. The van der Waals surface area contributed by atoms with Crippen LogP contribution in [0.2, 0.25) is 0 Å². The number of carbonyl (C=O) groups is 1. The first-order valence-corrected chi connectivity index (χ1v) is 10.4. The van der Waals surface area contributed by atoms with Crippen molar-refractivity contribution in [3.63, 3.8) is 0 Å². The van der Waals surface area contributed by atoms with Crippen LogP contribution >= 0.6 is 0 Å². The van der Waals surface area contributed by atoms with Crippen LogP contribution in [0.15, 0.2) is 72.5 Å². The van der Waals surface area contributed by atoms with Gasteiger partial charge in [0.2, 0.25) is 0 Å². The summed E-state index contributed by atoms with van der Waals surface area (Å²) in [6, 6.07) is 16.1. The molecule has 0 aliphatic carbocycles. The van der Waals surface area contributed by atoms with Crippen molar-refractivity contribution in [2.24, 2.45) is 0 Å². The second-order valence-corrected chi connectivity index (χ2v) is 7.63. The molecule has 0 unspecified atom stereocenters. The quantitative estimate of drug-likeness (QED) is 0.545. The first kappa shape index (κ1) is 22.3. The lowest BCUT2D eigenvalue weighted by Crippen LogP contribution is -2.32. The molecule has 0 spiro atoms. The van der Waals surface area contributed by atoms with Crippen LogP contribution in [0, 0.1) is 11.6 Å². The van der Waals surface area contributed by atoms with Crippen LogP contribution in [0.25, 0.3) is 5.57 Å². The number of nitrogens with zero attached hydrogens (tertiary/aromatic N) is 1. The average Bonchev–Trinajstić information content (AvgIpc) is 3.08. The second kappa shape index (κ2) is 9.32. The lowest BCUT2D eigenvalue weighted by atomic mass is 9.93. The highest BCUT2D eigenvalue weighted by molar-refractivity contribution is 6.05. The van der Waals surface area contributed by atoms with Crippen LogP contribution in [-0.2, 0) is 11.2 Å². The highest BCUT2D eigenvalue weighted by Crippen LogP contribution is 2.43. The SMILES string of the molecule is COc1ccc(CCN2C(=O)C(O)=C(c3ccc(F)cc3)[C@H]2c2ccccc2F)cc1OC. The molecule has 5 nitrogen and oxygen atoms in total. The molecular weight excluding hydrogens is 428 g/mol. The normalized spacial score (nSPS) is 15.8. The van der Waals surface area contributed by atoms with E-state index >= 15 is 0 Å². The van der Waals surface area contributed by atoms with Gasteiger partial charge >= 0.3 is 0 Å².